The Labute approximate surface area is 121 Å². The molecule has 1 unspecified atom stereocenters. The number of rotatable bonds is 6. The minimum absolute atomic E-state index is 0.000735. The van der Waals surface area contributed by atoms with Crippen molar-refractivity contribution >= 4 is 17.6 Å². The normalized spacial score (nSPS) is 12.0. The lowest BCUT2D eigenvalue weighted by atomic mass is 10.0. The maximum absolute atomic E-state index is 12.1. The number of aryl methyl sites for hydroxylation is 1. The molecule has 1 atom stereocenters. The van der Waals surface area contributed by atoms with Crippen LogP contribution in [0.15, 0.2) is 12.3 Å². The molecule has 0 saturated carbocycles. The minimum atomic E-state index is -1.15. The molecule has 8 heteroatoms. The molecule has 0 spiro atoms. The lowest BCUT2D eigenvalue weighted by Crippen LogP contribution is -2.41. The third-order valence-electron chi connectivity index (χ3n) is 2.84. The summed E-state index contributed by atoms with van der Waals surface area (Å²) in [7, 11) is 0. The second-order valence-corrected chi connectivity index (χ2v) is 5.08. The predicted molar refractivity (Wildman–Crippen MR) is 74.0 cm³/mol. The van der Waals surface area contributed by atoms with Gasteiger partial charge in [-0.15, -0.1) is 0 Å². The van der Waals surface area contributed by atoms with Crippen LogP contribution in [0.4, 0.5) is 5.69 Å². The Morgan fingerprint density at radius 1 is 1.48 bits per heavy atom. The van der Waals surface area contributed by atoms with Gasteiger partial charge in [0.1, 0.15) is 12.2 Å². The summed E-state index contributed by atoms with van der Waals surface area (Å²) in [6, 6.07) is 0.0440. The van der Waals surface area contributed by atoms with E-state index in [0.29, 0.717) is 5.69 Å². The highest BCUT2D eigenvalue weighted by Crippen LogP contribution is 2.15. The fraction of sp³-hybridized carbons (Fsp3) is 0.462. The molecule has 2 N–H and O–H groups in total. The Hall–Kier alpha value is -2.51. The molecule has 21 heavy (non-hydrogen) atoms. The first-order valence-electron chi connectivity index (χ1n) is 6.37. The van der Waals surface area contributed by atoms with Gasteiger partial charge in [0.15, 0.2) is 0 Å². The molecule has 0 saturated heterocycles. The third kappa shape index (κ3) is 4.51. The fourth-order valence-corrected chi connectivity index (χ4v) is 1.78. The van der Waals surface area contributed by atoms with Crippen LogP contribution in [0.5, 0.6) is 0 Å². The Bertz CT molecular complexity index is 571. The van der Waals surface area contributed by atoms with Crippen LogP contribution in [0.2, 0.25) is 0 Å². The van der Waals surface area contributed by atoms with Crippen molar-refractivity contribution in [1.29, 1.82) is 0 Å². The predicted octanol–water partition coefficient (Wildman–Crippen LogP) is 1.53. The van der Waals surface area contributed by atoms with Gasteiger partial charge in [-0.3, -0.25) is 19.9 Å². The number of carbonyl (C=O) groups is 2. The average Bonchev–Trinajstić information content (AvgIpc) is 2.37. The largest absolute Gasteiger partial charge is 0.480 e. The van der Waals surface area contributed by atoms with Crippen molar-refractivity contribution in [2.75, 3.05) is 0 Å². The van der Waals surface area contributed by atoms with E-state index in [1.165, 1.54) is 6.92 Å². The van der Waals surface area contributed by atoms with Gasteiger partial charge in [0.25, 0.3) is 11.6 Å². The summed E-state index contributed by atoms with van der Waals surface area (Å²) < 4.78 is 0. The van der Waals surface area contributed by atoms with Crippen molar-refractivity contribution in [1.82, 2.24) is 10.3 Å². The quantitative estimate of drug-likeness (QED) is 0.606. The zero-order chi connectivity index (χ0) is 16.2. The van der Waals surface area contributed by atoms with Crippen LogP contribution in [0.25, 0.3) is 0 Å². The highest BCUT2D eigenvalue weighted by molar-refractivity contribution is 5.97. The lowest BCUT2D eigenvalue weighted by Gasteiger charge is -2.16. The number of nitrogens with zero attached hydrogens (tertiary/aromatic N) is 2. The number of hydrogen-bond donors (Lipinski definition) is 2. The summed E-state index contributed by atoms with van der Waals surface area (Å²) in [5.74, 6) is -1.75. The summed E-state index contributed by atoms with van der Waals surface area (Å²) in [5.41, 5.74) is -0.0209. The first-order valence-corrected chi connectivity index (χ1v) is 6.37. The molecule has 0 fully saturated rings. The third-order valence-corrected chi connectivity index (χ3v) is 2.84. The van der Waals surface area contributed by atoms with Crippen LogP contribution < -0.4 is 5.32 Å². The molecule has 1 amide bonds. The number of carboxylic acids is 1. The molecule has 1 rings (SSSR count). The van der Waals surface area contributed by atoms with Crippen molar-refractivity contribution in [3.05, 3.63) is 33.6 Å². The number of hydrogen-bond acceptors (Lipinski definition) is 5. The van der Waals surface area contributed by atoms with E-state index in [1.807, 2.05) is 13.8 Å². The molecule has 114 valence electrons. The number of nitrogens with one attached hydrogen (secondary N) is 1. The van der Waals surface area contributed by atoms with Crippen LogP contribution in [0, 0.1) is 23.0 Å². The monoisotopic (exact) mass is 295 g/mol. The van der Waals surface area contributed by atoms with Gasteiger partial charge in [0.2, 0.25) is 0 Å². The van der Waals surface area contributed by atoms with Crippen molar-refractivity contribution < 1.29 is 19.6 Å². The van der Waals surface area contributed by atoms with E-state index in [0.717, 1.165) is 12.3 Å². The van der Waals surface area contributed by atoms with Gasteiger partial charge in [-0.25, -0.2) is 4.79 Å². The van der Waals surface area contributed by atoms with Gasteiger partial charge in [0.05, 0.1) is 16.2 Å². The van der Waals surface area contributed by atoms with Crippen LogP contribution >= 0.6 is 0 Å². The Morgan fingerprint density at radius 2 is 2.10 bits per heavy atom. The standard InChI is InChI=1S/C13H17N3O5/c1-7(2)4-11(13(18)19)15-12(17)10-5-9(16(20)21)6-14-8(10)3/h5-7,11H,4H2,1-3H3,(H,15,17)(H,18,19). The highest BCUT2D eigenvalue weighted by atomic mass is 16.6. The van der Waals surface area contributed by atoms with E-state index < -0.39 is 22.8 Å². The maximum Gasteiger partial charge on any atom is 0.326 e. The minimum Gasteiger partial charge on any atom is -0.480 e. The van der Waals surface area contributed by atoms with Crippen LogP contribution in [-0.4, -0.2) is 32.9 Å². The lowest BCUT2D eigenvalue weighted by molar-refractivity contribution is -0.385. The molecule has 0 bridgehead atoms. The van der Waals surface area contributed by atoms with Crippen LogP contribution in [0.3, 0.4) is 0 Å². The topological polar surface area (TPSA) is 122 Å². The first kappa shape index (κ1) is 16.5. The van der Waals surface area contributed by atoms with E-state index in [4.69, 9.17) is 5.11 Å². The molecule has 1 aromatic rings. The first-order chi connectivity index (χ1) is 9.72. The number of nitro groups is 1. The zero-order valence-electron chi connectivity index (χ0n) is 12.0. The smallest absolute Gasteiger partial charge is 0.326 e. The highest BCUT2D eigenvalue weighted by Gasteiger charge is 2.24. The van der Waals surface area contributed by atoms with Gasteiger partial charge >= 0.3 is 5.97 Å². The molecule has 0 aliphatic rings. The van der Waals surface area contributed by atoms with Gasteiger partial charge in [-0.1, -0.05) is 13.8 Å². The molecule has 0 aliphatic carbocycles. The van der Waals surface area contributed by atoms with Crippen molar-refractivity contribution in [3.8, 4) is 0 Å². The summed E-state index contributed by atoms with van der Waals surface area (Å²) in [5, 5.41) is 22.2. The van der Waals surface area contributed by atoms with E-state index in [-0.39, 0.29) is 23.6 Å². The number of amides is 1. The van der Waals surface area contributed by atoms with Gasteiger partial charge in [-0.05, 0) is 19.3 Å². The number of aliphatic carboxylic acids is 1. The van der Waals surface area contributed by atoms with Crippen molar-refractivity contribution in [2.24, 2.45) is 5.92 Å². The van der Waals surface area contributed by atoms with E-state index in [9.17, 15) is 19.7 Å². The van der Waals surface area contributed by atoms with Gasteiger partial charge < -0.3 is 10.4 Å². The molecular formula is C13H17N3O5. The summed E-state index contributed by atoms with van der Waals surface area (Å²) in [4.78, 5) is 37.0. The van der Waals surface area contributed by atoms with Crippen molar-refractivity contribution in [2.45, 2.75) is 33.2 Å². The number of aromatic nitrogens is 1. The molecular weight excluding hydrogens is 278 g/mol. The number of carbonyl (C=O) groups excluding carboxylic acids is 1. The maximum atomic E-state index is 12.1. The molecule has 0 aromatic carbocycles. The molecule has 0 radical (unpaired) electrons. The van der Waals surface area contributed by atoms with E-state index >= 15 is 0 Å². The Balaban J connectivity index is 2.99. The fourth-order valence-electron chi connectivity index (χ4n) is 1.78. The van der Waals surface area contributed by atoms with E-state index in [2.05, 4.69) is 10.3 Å². The van der Waals surface area contributed by atoms with Crippen molar-refractivity contribution in [3.63, 3.8) is 0 Å². The van der Waals surface area contributed by atoms with Crippen LogP contribution in [-0.2, 0) is 4.79 Å². The van der Waals surface area contributed by atoms with Gasteiger partial charge in [0, 0.05) is 6.07 Å². The summed E-state index contributed by atoms with van der Waals surface area (Å²) in [6.45, 7) is 5.20. The van der Waals surface area contributed by atoms with Gasteiger partial charge in [-0.2, -0.15) is 0 Å². The summed E-state index contributed by atoms with van der Waals surface area (Å²) in [6.07, 6.45) is 1.32. The SMILES string of the molecule is Cc1ncc([N+](=O)[O-])cc1C(=O)NC(CC(C)C)C(=O)O. The summed E-state index contributed by atoms with van der Waals surface area (Å²) >= 11 is 0. The Morgan fingerprint density at radius 3 is 2.57 bits per heavy atom. The molecule has 1 heterocycles. The average molecular weight is 295 g/mol. The van der Waals surface area contributed by atoms with E-state index in [1.54, 1.807) is 0 Å². The Kier molecular flexibility index (Phi) is 5.34. The van der Waals surface area contributed by atoms with Crippen LogP contribution in [0.1, 0.15) is 36.3 Å². The molecule has 8 nitrogen and oxygen atoms in total. The number of carboxylic acid groups (broad SMARTS) is 1. The second-order valence-electron chi connectivity index (χ2n) is 5.08. The second kappa shape index (κ2) is 6.78. The number of pyridine rings is 1. The molecule has 0 aliphatic heterocycles. The zero-order valence-corrected chi connectivity index (χ0v) is 12.0. The molecule has 1 aromatic heterocycles.